The molecule has 0 atom stereocenters. The zero-order valence-corrected chi connectivity index (χ0v) is 7.85. The van der Waals surface area contributed by atoms with Crippen LogP contribution in [-0.4, -0.2) is 4.98 Å². The molecule has 12 heavy (non-hydrogen) atoms. The maximum Gasteiger partial charge on any atom is 0.129 e. The van der Waals surface area contributed by atoms with Gasteiger partial charge in [-0.2, -0.15) is 0 Å². The van der Waals surface area contributed by atoms with Crippen LogP contribution >= 0.6 is 11.6 Å². The molecule has 0 N–H and O–H groups in total. The van der Waals surface area contributed by atoms with Crippen LogP contribution in [0.2, 0.25) is 5.15 Å². The van der Waals surface area contributed by atoms with Crippen molar-refractivity contribution in [2.24, 2.45) is 0 Å². The predicted octanol–water partition coefficient (Wildman–Crippen LogP) is 2.50. The van der Waals surface area contributed by atoms with E-state index in [1.807, 2.05) is 19.9 Å². The zero-order chi connectivity index (χ0) is 8.77. The molecule has 0 saturated carbocycles. The summed E-state index contributed by atoms with van der Waals surface area (Å²) in [6, 6.07) is 3.79. The topological polar surface area (TPSA) is 22.1 Å². The first kappa shape index (κ1) is 8.02. The molecule has 0 aliphatic carbocycles. The Bertz CT molecular complexity index is 322. The summed E-state index contributed by atoms with van der Waals surface area (Å²) < 4.78 is 5.54. The van der Waals surface area contributed by atoms with Gasteiger partial charge in [-0.25, -0.2) is 4.98 Å². The van der Waals surface area contributed by atoms with Crippen molar-refractivity contribution in [2.75, 3.05) is 0 Å². The fourth-order valence-corrected chi connectivity index (χ4v) is 1.62. The third-order valence-electron chi connectivity index (χ3n) is 2.16. The van der Waals surface area contributed by atoms with E-state index in [0.29, 0.717) is 11.8 Å². The van der Waals surface area contributed by atoms with Crippen LogP contribution in [0.4, 0.5) is 0 Å². The summed E-state index contributed by atoms with van der Waals surface area (Å²) in [6.07, 6.45) is 0. The summed E-state index contributed by atoms with van der Waals surface area (Å²) >= 11 is 5.75. The Labute approximate surface area is 76.5 Å². The third-order valence-corrected chi connectivity index (χ3v) is 2.37. The monoisotopic (exact) mass is 183 g/mol. The summed E-state index contributed by atoms with van der Waals surface area (Å²) in [5, 5.41) is 0.537. The standard InChI is InChI=1S/C9H10ClNO/c1-9(2)6-3-4-8(10)11-7(6)5-12-9/h3-4H,5H2,1-2H3. The van der Waals surface area contributed by atoms with Gasteiger partial charge in [0.25, 0.3) is 0 Å². The molecule has 0 saturated heterocycles. The van der Waals surface area contributed by atoms with Gasteiger partial charge in [0.1, 0.15) is 5.15 Å². The minimum Gasteiger partial charge on any atom is -0.365 e. The van der Waals surface area contributed by atoms with E-state index < -0.39 is 0 Å². The lowest BCUT2D eigenvalue weighted by atomic mass is 10.00. The molecule has 0 radical (unpaired) electrons. The summed E-state index contributed by atoms with van der Waals surface area (Å²) in [7, 11) is 0. The maximum absolute atomic E-state index is 5.75. The first-order chi connectivity index (χ1) is 5.59. The summed E-state index contributed by atoms with van der Waals surface area (Å²) in [5.41, 5.74) is 1.91. The Kier molecular flexibility index (Phi) is 1.63. The van der Waals surface area contributed by atoms with Gasteiger partial charge in [0.15, 0.2) is 0 Å². The van der Waals surface area contributed by atoms with Crippen LogP contribution in [0.1, 0.15) is 25.1 Å². The van der Waals surface area contributed by atoms with Gasteiger partial charge in [-0.1, -0.05) is 17.7 Å². The average molecular weight is 184 g/mol. The molecule has 0 spiro atoms. The SMILES string of the molecule is CC1(C)OCc2nc(Cl)ccc21. The number of nitrogens with zero attached hydrogens (tertiary/aromatic N) is 1. The van der Waals surface area contributed by atoms with E-state index in [4.69, 9.17) is 16.3 Å². The zero-order valence-electron chi connectivity index (χ0n) is 7.10. The second-order valence-corrected chi connectivity index (χ2v) is 3.81. The normalized spacial score (nSPS) is 19.2. The minimum absolute atomic E-state index is 0.201. The Balaban J connectivity index is 2.55. The van der Waals surface area contributed by atoms with Crippen molar-refractivity contribution >= 4 is 11.6 Å². The Morgan fingerprint density at radius 2 is 2.25 bits per heavy atom. The van der Waals surface area contributed by atoms with Gasteiger partial charge >= 0.3 is 0 Å². The number of rotatable bonds is 0. The van der Waals surface area contributed by atoms with Gasteiger partial charge < -0.3 is 4.74 Å². The summed E-state index contributed by atoms with van der Waals surface area (Å²) in [6.45, 7) is 4.64. The molecular formula is C9H10ClNO. The molecule has 0 fully saturated rings. The van der Waals surface area contributed by atoms with Gasteiger partial charge in [-0.05, 0) is 19.9 Å². The quantitative estimate of drug-likeness (QED) is 0.577. The molecule has 1 aliphatic heterocycles. The summed E-state index contributed by atoms with van der Waals surface area (Å²) in [4.78, 5) is 4.19. The molecular weight excluding hydrogens is 174 g/mol. The Morgan fingerprint density at radius 3 is 3.00 bits per heavy atom. The van der Waals surface area contributed by atoms with E-state index in [-0.39, 0.29) is 5.60 Å². The number of hydrogen-bond donors (Lipinski definition) is 0. The number of ether oxygens (including phenoxy) is 1. The third kappa shape index (κ3) is 1.11. The van der Waals surface area contributed by atoms with Crippen LogP contribution in [-0.2, 0) is 16.9 Å². The molecule has 2 rings (SSSR count). The number of aromatic nitrogens is 1. The van der Waals surface area contributed by atoms with Crippen LogP contribution in [0.3, 0.4) is 0 Å². The summed E-state index contributed by atoms with van der Waals surface area (Å²) in [5.74, 6) is 0. The van der Waals surface area contributed by atoms with E-state index in [9.17, 15) is 0 Å². The van der Waals surface area contributed by atoms with Crippen LogP contribution < -0.4 is 0 Å². The molecule has 3 heteroatoms. The van der Waals surface area contributed by atoms with Crippen molar-refractivity contribution in [3.05, 3.63) is 28.5 Å². The van der Waals surface area contributed by atoms with E-state index >= 15 is 0 Å². The number of hydrogen-bond acceptors (Lipinski definition) is 2. The highest BCUT2D eigenvalue weighted by molar-refractivity contribution is 6.29. The van der Waals surface area contributed by atoms with Crippen LogP contribution in [0.25, 0.3) is 0 Å². The van der Waals surface area contributed by atoms with Crippen LogP contribution in [0, 0.1) is 0 Å². The maximum atomic E-state index is 5.75. The highest BCUT2D eigenvalue weighted by atomic mass is 35.5. The Hall–Kier alpha value is -0.600. The molecule has 64 valence electrons. The van der Waals surface area contributed by atoms with E-state index in [2.05, 4.69) is 4.98 Å². The molecule has 0 bridgehead atoms. The van der Waals surface area contributed by atoms with Gasteiger partial charge in [0.2, 0.25) is 0 Å². The molecule has 1 aromatic heterocycles. The van der Waals surface area contributed by atoms with Gasteiger partial charge in [0.05, 0.1) is 17.9 Å². The van der Waals surface area contributed by atoms with Gasteiger partial charge in [-0.15, -0.1) is 0 Å². The molecule has 0 amide bonds. The number of halogens is 1. The van der Waals surface area contributed by atoms with Crippen LogP contribution in [0.5, 0.6) is 0 Å². The molecule has 1 aliphatic rings. The second kappa shape index (κ2) is 2.44. The highest BCUT2D eigenvalue weighted by Gasteiger charge is 2.31. The van der Waals surface area contributed by atoms with Crippen molar-refractivity contribution in [3.63, 3.8) is 0 Å². The van der Waals surface area contributed by atoms with Crippen molar-refractivity contribution < 1.29 is 4.74 Å². The molecule has 0 unspecified atom stereocenters. The van der Waals surface area contributed by atoms with Crippen LogP contribution in [0.15, 0.2) is 12.1 Å². The predicted molar refractivity (Wildman–Crippen MR) is 47.1 cm³/mol. The lowest BCUT2D eigenvalue weighted by Gasteiger charge is -2.17. The van der Waals surface area contributed by atoms with Gasteiger partial charge in [-0.3, -0.25) is 0 Å². The minimum atomic E-state index is -0.201. The van der Waals surface area contributed by atoms with E-state index in [0.717, 1.165) is 11.3 Å². The van der Waals surface area contributed by atoms with Crippen molar-refractivity contribution in [1.29, 1.82) is 0 Å². The first-order valence-corrected chi connectivity index (χ1v) is 4.27. The fraction of sp³-hybridized carbons (Fsp3) is 0.444. The lowest BCUT2D eigenvalue weighted by molar-refractivity contribution is -0.00840. The Morgan fingerprint density at radius 1 is 1.50 bits per heavy atom. The highest BCUT2D eigenvalue weighted by Crippen LogP contribution is 2.34. The van der Waals surface area contributed by atoms with Gasteiger partial charge in [0, 0.05) is 5.56 Å². The van der Waals surface area contributed by atoms with Crippen molar-refractivity contribution in [3.8, 4) is 0 Å². The van der Waals surface area contributed by atoms with E-state index in [1.54, 1.807) is 6.07 Å². The second-order valence-electron chi connectivity index (χ2n) is 3.43. The molecule has 2 nitrogen and oxygen atoms in total. The van der Waals surface area contributed by atoms with Crippen molar-refractivity contribution in [2.45, 2.75) is 26.1 Å². The molecule has 0 aromatic carbocycles. The molecule has 2 heterocycles. The smallest absolute Gasteiger partial charge is 0.129 e. The number of fused-ring (bicyclic) bond motifs is 1. The average Bonchev–Trinajstić information content (AvgIpc) is 2.27. The lowest BCUT2D eigenvalue weighted by Crippen LogP contribution is -2.14. The first-order valence-electron chi connectivity index (χ1n) is 3.89. The molecule has 1 aromatic rings. The van der Waals surface area contributed by atoms with E-state index in [1.165, 1.54) is 0 Å². The largest absolute Gasteiger partial charge is 0.365 e. The fourth-order valence-electron chi connectivity index (χ4n) is 1.46. The van der Waals surface area contributed by atoms with Crippen molar-refractivity contribution in [1.82, 2.24) is 4.98 Å². The number of pyridine rings is 1.